The van der Waals surface area contributed by atoms with E-state index < -0.39 is 0 Å². The Morgan fingerprint density at radius 1 is 1.35 bits per heavy atom. The van der Waals surface area contributed by atoms with Crippen LogP contribution in [-0.4, -0.2) is 6.04 Å². The molecule has 1 N–H and O–H groups in total. The summed E-state index contributed by atoms with van der Waals surface area (Å²) < 4.78 is 13.2. The molecule has 90 valence electrons. The van der Waals surface area contributed by atoms with Gasteiger partial charge in [0.15, 0.2) is 0 Å². The van der Waals surface area contributed by atoms with Gasteiger partial charge < -0.3 is 5.32 Å². The van der Waals surface area contributed by atoms with E-state index in [-0.39, 0.29) is 11.9 Å². The maximum atomic E-state index is 13.2. The van der Waals surface area contributed by atoms with Gasteiger partial charge in [0, 0.05) is 5.69 Å². The molecule has 1 fully saturated rings. The van der Waals surface area contributed by atoms with Crippen molar-refractivity contribution in [2.75, 3.05) is 5.32 Å². The number of nitriles is 1. The lowest BCUT2D eigenvalue weighted by molar-refractivity contribution is 0.519. The van der Waals surface area contributed by atoms with E-state index in [1.54, 1.807) is 0 Å². The van der Waals surface area contributed by atoms with Crippen molar-refractivity contribution in [1.29, 1.82) is 5.26 Å². The van der Waals surface area contributed by atoms with Crippen LogP contribution in [-0.2, 0) is 0 Å². The largest absolute Gasteiger partial charge is 0.370 e. The highest BCUT2D eigenvalue weighted by atomic mass is 19.1. The maximum Gasteiger partial charge on any atom is 0.125 e. The first kappa shape index (κ1) is 11.9. The van der Waals surface area contributed by atoms with Crippen LogP contribution in [0.15, 0.2) is 18.2 Å². The third-order valence-corrected chi connectivity index (χ3v) is 3.37. The zero-order chi connectivity index (χ0) is 12.3. The fraction of sp³-hybridized carbons (Fsp3) is 0.500. The molecule has 1 aromatic rings. The molecule has 0 saturated heterocycles. The fourth-order valence-corrected chi connectivity index (χ4v) is 2.55. The number of halogens is 1. The van der Waals surface area contributed by atoms with E-state index in [4.69, 9.17) is 0 Å². The van der Waals surface area contributed by atoms with Crippen LogP contribution in [0.2, 0.25) is 0 Å². The number of nitrogens with zero attached hydrogens (tertiary/aromatic N) is 1. The minimum Gasteiger partial charge on any atom is -0.370 e. The van der Waals surface area contributed by atoms with E-state index in [0.29, 0.717) is 11.6 Å². The number of aryl methyl sites for hydroxylation is 1. The lowest BCUT2D eigenvalue weighted by Crippen LogP contribution is -2.25. The number of rotatable bonds is 3. The van der Waals surface area contributed by atoms with Gasteiger partial charge in [-0.15, -0.1) is 0 Å². The van der Waals surface area contributed by atoms with Gasteiger partial charge in [-0.1, -0.05) is 12.8 Å². The van der Waals surface area contributed by atoms with Crippen LogP contribution in [0.3, 0.4) is 0 Å². The van der Waals surface area contributed by atoms with E-state index in [9.17, 15) is 9.65 Å². The quantitative estimate of drug-likeness (QED) is 0.863. The molecular weight excluding hydrogens is 215 g/mol. The standard InChI is InChI=1S/C14H17FN2/c1-10-6-12(15)8-13(7-10)17-14(9-16)11-4-2-3-5-11/h6-8,11,14,17H,2-5H2,1H3. The summed E-state index contributed by atoms with van der Waals surface area (Å²) in [4.78, 5) is 0. The monoisotopic (exact) mass is 232 g/mol. The van der Waals surface area contributed by atoms with E-state index >= 15 is 0 Å². The smallest absolute Gasteiger partial charge is 0.125 e. The molecule has 0 radical (unpaired) electrons. The first-order chi connectivity index (χ1) is 8.19. The summed E-state index contributed by atoms with van der Waals surface area (Å²) in [6.07, 6.45) is 4.60. The van der Waals surface area contributed by atoms with Gasteiger partial charge in [0.1, 0.15) is 11.9 Å². The van der Waals surface area contributed by atoms with Gasteiger partial charge in [-0.3, -0.25) is 0 Å². The van der Waals surface area contributed by atoms with Gasteiger partial charge >= 0.3 is 0 Å². The van der Waals surface area contributed by atoms with Gasteiger partial charge in [0.2, 0.25) is 0 Å². The third-order valence-electron chi connectivity index (χ3n) is 3.37. The highest BCUT2D eigenvalue weighted by molar-refractivity contribution is 5.48. The summed E-state index contributed by atoms with van der Waals surface area (Å²) >= 11 is 0. The summed E-state index contributed by atoms with van der Waals surface area (Å²) in [7, 11) is 0. The van der Waals surface area contributed by atoms with Crippen LogP contribution in [0, 0.1) is 30.0 Å². The Morgan fingerprint density at radius 2 is 2.06 bits per heavy atom. The highest BCUT2D eigenvalue weighted by Gasteiger charge is 2.24. The Bertz CT molecular complexity index is 410. The van der Waals surface area contributed by atoms with E-state index in [1.807, 2.05) is 13.0 Å². The van der Waals surface area contributed by atoms with Crippen molar-refractivity contribution in [3.05, 3.63) is 29.6 Å². The van der Waals surface area contributed by atoms with Crippen molar-refractivity contribution >= 4 is 5.69 Å². The van der Waals surface area contributed by atoms with E-state index in [1.165, 1.54) is 25.0 Å². The number of benzene rings is 1. The lowest BCUT2D eigenvalue weighted by Gasteiger charge is -2.19. The third kappa shape index (κ3) is 2.97. The summed E-state index contributed by atoms with van der Waals surface area (Å²) in [6, 6.07) is 6.92. The fourth-order valence-electron chi connectivity index (χ4n) is 2.55. The number of hydrogen-bond donors (Lipinski definition) is 1. The molecule has 0 bridgehead atoms. The molecule has 2 nitrogen and oxygen atoms in total. The summed E-state index contributed by atoms with van der Waals surface area (Å²) in [5.74, 6) is 0.152. The van der Waals surface area contributed by atoms with Crippen molar-refractivity contribution in [3.8, 4) is 6.07 Å². The molecule has 1 saturated carbocycles. The average Bonchev–Trinajstić information content (AvgIpc) is 2.77. The van der Waals surface area contributed by atoms with Gasteiger partial charge in [0.25, 0.3) is 0 Å². The number of hydrogen-bond acceptors (Lipinski definition) is 2. The van der Waals surface area contributed by atoms with E-state index in [0.717, 1.165) is 18.4 Å². The van der Waals surface area contributed by atoms with Crippen molar-refractivity contribution in [3.63, 3.8) is 0 Å². The second-order valence-corrected chi connectivity index (χ2v) is 4.81. The summed E-state index contributed by atoms with van der Waals surface area (Å²) in [5.41, 5.74) is 1.58. The molecule has 0 heterocycles. The van der Waals surface area contributed by atoms with Gasteiger partial charge in [0.05, 0.1) is 6.07 Å². The second kappa shape index (κ2) is 5.18. The molecule has 0 aromatic heterocycles. The normalized spacial score (nSPS) is 17.7. The molecule has 1 unspecified atom stereocenters. The molecule has 1 aliphatic rings. The Morgan fingerprint density at radius 3 is 2.65 bits per heavy atom. The van der Waals surface area contributed by atoms with Gasteiger partial charge in [-0.05, 0) is 49.4 Å². The maximum absolute atomic E-state index is 13.2. The second-order valence-electron chi connectivity index (χ2n) is 4.81. The van der Waals surface area contributed by atoms with Gasteiger partial charge in [-0.25, -0.2) is 4.39 Å². The Kier molecular flexibility index (Phi) is 3.63. The van der Waals surface area contributed by atoms with Crippen LogP contribution in [0.4, 0.5) is 10.1 Å². The number of nitrogens with one attached hydrogen (secondary N) is 1. The molecule has 0 amide bonds. The average molecular weight is 232 g/mol. The Labute approximate surface area is 101 Å². The number of anilines is 1. The Balaban J connectivity index is 2.10. The highest BCUT2D eigenvalue weighted by Crippen LogP contribution is 2.29. The first-order valence-corrected chi connectivity index (χ1v) is 6.12. The zero-order valence-corrected chi connectivity index (χ0v) is 10.0. The SMILES string of the molecule is Cc1cc(F)cc(NC(C#N)C2CCCC2)c1. The molecule has 2 rings (SSSR count). The van der Waals surface area contributed by atoms with Crippen molar-refractivity contribution in [2.24, 2.45) is 5.92 Å². The molecule has 1 aliphatic carbocycles. The van der Waals surface area contributed by atoms with Crippen molar-refractivity contribution in [1.82, 2.24) is 0 Å². The first-order valence-electron chi connectivity index (χ1n) is 6.12. The lowest BCUT2D eigenvalue weighted by atomic mass is 9.99. The predicted octanol–water partition coefficient (Wildman–Crippen LogP) is 3.63. The minimum absolute atomic E-state index is 0.196. The topological polar surface area (TPSA) is 35.8 Å². The molecule has 1 atom stereocenters. The molecule has 0 spiro atoms. The van der Waals surface area contributed by atoms with Crippen molar-refractivity contribution in [2.45, 2.75) is 38.6 Å². The zero-order valence-electron chi connectivity index (χ0n) is 10.0. The molecule has 17 heavy (non-hydrogen) atoms. The summed E-state index contributed by atoms with van der Waals surface area (Å²) in [6.45, 7) is 1.85. The minimum atomic E-state index is -0.254. The van der Waals surface area contributed by atoms with Crippen LogP contribution < -0.4 is 5.32 Å². The predicted molar refractivity (Wildman–Crippen MR) is 66.1 cm³/mol. The van der Waals surface area contributed by atoms with Crippen LogP contribution in [0.25, 0.3) is 0 Å². The molecule has 3 heteroatoms. The molecule has 1 aromatic carbocycles. The van der Waals surface area contributed by atoms with Crippen LogP contribution >= 0.6 is 0 Å². The van der Waals surface area contributed by atoms with E-state index in [2.05, 4.69) is 11.4 Å². The Hall–Kier alpha value is -1.56. The summed E-state index contributed by atoms with van der Waals surface area (Å²) in [5, 5.41) is 12.3. The van der Waals surface area contributed by atoms with Crippen LogP contribution in [0.5, 0.6) is 0 Å². The molecule has 0 aliphatic heterocycles. The van der Waals surface area contributed by atoms with Gasteiger partial charge in [-0.2, -0.15) is 5.26 Å². The van der Waals surface area contributed by atoms with Crippen LogP contribution in [0.1, 0.15) is 31.2 Å². The molecular formula is C14H17FN2. The van der Waals surface area contributed by atoms with Crippen molar-refractivity contribution < 1.29 is 4.39 Å².